The summed E-state index contributed by atoms with van der Waals surface area (Å²) in [5.41, 5.74) is 4.15. The number of rotatable bonds is 1. The molecule has 3 aliphatic rings. The molecule has 0 saturated carbocycles. The van der Waals surface area contributed by atoms with Gasteiger partial charge in [0.25, 0.3) is 0 Å². The molecule has 3 aliphatic heterocycles. The highest BCUT2D eigenvalue weighted by Crippen LogP contribution is 2.56. The van der Waals surface area contributed by atoms with Crippen molar-refractivity contribution in [3.05, 3.63) is 12.2 Å². The number of carbonyl (C=O) groups excluding carboxylic acids is 2. The Balaban J connectivity index is 2.12. The van der Waals surface area contributed by atoms with E-state index in [1.807, 2.05) is 26.0 Å². The lowest BCUT2D eigenvalue weighted by Crippen LogP contribution is -2.42. The molecule has 0 aromatic rings. The fourth-order valence-corrected chi connectivity index (χ4v) is 3.27. The molecule has 0 aromatic carbocycles. The average molecular weight is 222 g/mol. The van der Waals surface area contributed by atoms with Crippen LogP contribution < -0.4 is 5.73 Å². The van der Waals surface area contributed by atoms with Crippen molar-refractivity contribution in [1.82, 2.24) is 4.90 Å². The summed E-state index contributed by atoms with van der Waals surface area (Å²) in [6.45, 7) is 3.66. The number of imide groups is 1. The van der Waals surface area contributed by atoms with E-state index in [0.717, 1.165) is 4.90 Å². The summed E-state index contributed by atoms with van der Waals surface area (Å²) in [6, 6.07) is 0. The summed E-state index contributed by atoms with van der Waals surface area (Å²) >= 11 is 0. The van der Waals surface area contributed by atoms with Gasteiger partial charge in [-0.3, -0.25) is 14.5 Å². The summed E-state index contributed by atoms with van der Waals surface area (Å²) in [7, 11) is 0. The van der Waals surface area contributed by atoms with Crippen LogP contribution in [0, 0.1) is 11.8 Å². The van der Waals surface area contributed by atoms with E-state index in [2.05, 4.69) is 0 Å². The van der Waals surface area contributed by atoms with Gasteiger partial charge in [-0.25, -0.2) is 0 Å². The van der Waals surface area contributed by atoms with Crippen LogP contribution in [-0.2, 0) is 14.3 Å². The lowest BCUT2D eigenvalue weighted by molar-refractivity contribution is -0.145. The highest BCUT2D eigenvalue weighted by molar-refractivity contribution is 6.07. The number of carbonyl (C=O) groups is 2. The lowest BCUT2D eigenvalue weighted by Gasteiger charge is -2.24. The second kappa shape index (κ2) is 2.55. The Hall–Kier alpha value is -1.20. The van der Waals surface area contributed by atoms with Crippen molar-refractivity contribution in [2.75, 3.05) is 6.67 Å². The maximum atomic E-state index is 12.1. The average Bonchev–Trinajstić information content (AvgIpc) is 2.73. The molecule has 3 rings (SSSR count). The number of amides is 2. The monoisotopic (exact) mass is 222 g/mol. The van der Waals surface area contributed by atoms with E-state index in [9.17, 15) is 9.59 Å². The van der Waals surface area contributed by atoms with Gasteiger partial charge in [-0.15, -0.1) is 0 Å². The number of nitrogens with two attached hydrogens (primary N) is 1. The Labute approximate surface area is 93.2 Å². The first kappa shape index (κ1) is 9.99. The maximum Gasteiger partial charge on any atom is 0.237 e. The topological polar surface area (TPSA) is 72.6 Å². The number of hydrogen-bond donors (Lipinski definition) is 1. The summed E-state index contributed by atoms with van der Waals surface area (Å²) in [4.78, 5) is 25.3. The minimum Gasteiger partial charge on any atom is -0.359 e. The molecule has 86 valence electrons. The highest BCUT2D eigenvalue weighted by Gasteiger charge is 2.70. The molecule has 3 heterocycles. The van der Waals surface area contributed by atoms with Crippen LogP contribution in [0.2, 0.25) is 0 Å². The summed E-state index contributed by atoms with van der Waals surface area (Å²) < 4.78 is 5.83. The Morgan fingerprint density at radius 3 is 2.06 bits per heavy atom. The van der Waals surface area contributed by atoms with Crippen molar-refractivity contribution in [3.8, 4) is 0 Å². The summed E-state index contributed by atoms with van der Waals surface area (Å²) in [6.07, 6.45) is 3.78. The van der Waals surface area contributed by atoms with Gasteiger partial charge < -0.3 is 10.5 Å². The number of ether oxygens (including phenoxy) is 1. The van der Waals surface area contributed by atoms with Crippen molar-refractivity contribution in [2.24, 2.45) is 17.6 Å². The first-order chi connectivity index (χ1) is 7.43. The number of nitrogens with zero attached hydrogens (tertiary/aromatic N) is 1. The van der Waals surface area contributed by atoms with Gasteiger partial charge in [0.05, 0.1) is 29.7 Å². The highest BCUT2D eigenvalue weighted by atomic mass is 16.5. The zero-order chi connectivity index (χ0) is 11.7. The molecule has 2 bridgehead atoms. The minimum absolute atomic E-state index is 0.0448. The third-order valence-electron chi connectivity index (χ3n) is 4.00. The zero-order valence-electron chi connectivity index (χ0n) is 9.27. The van der Waals surface area contributed by atoms with Gasteiger partial charge in [-0.05, 0) is 13.8 Å². The van der Waals surface area contributed by atoms with E-state index in [1.54, 1.807) is 0 Å². The molecule has 0 spiro atoms. The molecular formula is C11H14N2O3. The van der Waals surface area contributed by atoms with Crippen LogP contribution in [0.25, 0.3) is 0 Å². The maximum absolute atomic E-state index is 12.1. The van der Waals surface area contributed by atoms with Gasteiger partial charge in [-0.1, -0.05) is 12.2 Å². The molecule has 16 heavy (non-hydrogen) atoms. The van der Waals surface area contributed by atoms with Crippen LogP contribution >= 0.6 is 0 Å². The minimum atomic E-state index is -0.643. The van der Waals surface area contributed by atoms with E-state index in [0.29, 0.717) is 0 Å². The Kier molecular flexibility index (Phi) is 1.59. The fraction of sp³-hybridized carbons (Fsp3) is 0.636. The molecule has 0 radical (unpaired) electrons. The lowest BCUT2D eigenvalue weighted by atomic mass is 9.73. The van der Waals surface area contributed by atoms with Crippen LogP contribution in [0.4, 0.5) is 0 Å². The SMILES string of the molecule is CC12C=CC(C)(O1)C1C(=O)N(CN)C(=O)C12. The molecule has 0 aliphatic carbocycles. The Morgan fingerprint density at radius 2 is 1.69 bits per heavy atom. The van der Waals surface area contributed by atoms with Gasteiger partial charge >= 0.3 is 0 Å². The molecular weight excluding hydrogens is 208 g/mol. The van der Waals surface area contributed by atoms with Crippen molar-refractivity contribution < 1.29 is 14.3 Å². The molecule has 2 fully saturated rings. The molecule has 5 nitrogen and oxygen atoms in total. The van der Waals surface area contributed by atoms with Crippen molar-refractivity contribution >= 4 is 11.8 Å². The van der Waals surface area contributed by atoms with Gasteiger partial charge in [0.2, 0.25) is 11.8 Å². The first-order valence-electron chi connectivity index (χ1n) is 5.39. The standard InChI is InChI=1S/C11H14N2O3/c1-10-3-4-11(2,16-10)7-6(10)8(14)13(5-12)9(7)15/h3-4,6-7H,5,12H2,1-2H3. The van der Waals surface area contributed by atoms with E-state index in [-0.39, 0.29) is 18.5 Å². The zero-order valence-corrected chi connectivity index (χ0v) is 9.27. The van der Waals surface area contributed by atoms with E-state index in [1.165, 1.54) is 0 Å². The second-order valence-corrected chi connectivity index (χ2v) is 5.05. The van der Waals surface area contributed by atoms with Crippen LogP contribution in [0.1, 0.15) is 13.8 Å². The van der Waals surface area contributed by atoms with Crippen LogP contribution in [-0.4, -0.2) is 34.6 Å². The van der Waals surface area contributed by atoms with Gasteiger partial charge in [0, 0.05) is 0 Å². The van der Waals surface area contributed by atoms with Crippen LogP contribution in [0.3, 0.4) is 0 Å². The Morgan fingerprint density at radius 1 is 1.25 bits per heavy atom. The van der Waals surface area contributed by atoms with Gasteiger partial charge in [0.15, 0.2) is 0 Å². The Bertz CT molecular complexity index is 397. The number of fused-ring (bicyclic) bond motifs is 5. The van der Waals surface area contributed by atoms with E-state index >= 15 is 0 Å². The van der Waals surface area contributed by atoms with Crippen molar-refractivity contribution in [2.45, 2.75) is 25.0 Å². The van der Waals surface area contributed by atoms with Crippen molar-refractivity contribution in [3.63, 3.8) is 0 Å². The third kappa shape index (κ3) is 0.850. The number of likely N-dealkylation sites (tertiary alicyclic amines) is 1. The molecule has 4 atom stereocenters. The van der Waals surface area contributed by atoms with Crippen LogP contribution in [0.5, 0.6) is 0 Å². The normalized spacial score (nSPS) is 49.3. The fourth-order valence-electron chi connectivity index (χ4n) is 3.27. The summed E-state index contributed by atoms with van der Waals surface area (Å²) in [5, 5.41) is 0. The molecule has 2 N–H and O–H groups in total. The molecule has 2 amide bonds. The molecule has 4 unspecified atom stereocenters. The predicted octanol–water partition coefficient (Wildman–Crippen LogP) is -0.379. The molecule has 0 aromatic heterocycles. The largest absolute Gasteiger partial charge is 0.359 e. The molecule has 2 saturated heterocycles. The smallest absolute Gasteiger partial charge is 0.237 e. The van der Waals surface area contributed by atoms with Crippen LogP contribution in [0.15, 0.2) is 12.2 Å². The third-order valence-corrected chi connectivity index (χ3v) is 4.00. The molecule has 5 heteroatoms. The number of hydrogen-bond acceptors (Lipinski definition) is 4. The second-order valence-electron chi connectivity index (χ2n) is 5.05. The quantitative estimate of drug-likeness (QED) is 0.485. The van der Waals surface area contributed by atoms with Crippen molar-refractivity contribution in [1.29, 1.82) is 0 Å². The predicted molar refractivity (Wildman–Crippen MR) is 54.9 cm³/mol. The summed E-state index contributed by atoms with van der Waals surface area (Å²) in [5.74, 6) is -1.21. The van der Waals surface area contributed by atoms with E-state index < -0.39 is 23.0 Å². The van der Waals surface area contributed by atoms with E-state index in [4.69, 9.17) is 10.5 Å². The van der Waals surface area contributed by atoms with Gasteiger partial charge in [-0.2, -0.15) is 0 Å². The first-order valence-corrected chi connectivity index (χ1v) is 5.39. The van der Waals surface area contributed by atoms with Gasteiger partial charge in [0.1, 0.15) is 0 Å².